The summed E-state index contributed by atoms with van der Waals surface area (Å²) in [6, 6.07) is 4.99. The second-order valence-corrected chi connectivity index (χ2v) is 6.84. The first-order valence-electron chi connectivity index (χ1n) is 9.78. The molecule has 3 N–H and O–H groups in total. The lowest BCUT2D eigenvalue weighted by atomic mass is 10.0. The van der Waals surface area contributed by atoms with Crippen LogP contribution in [0.1, 0.15) is 43.1 Å². The first-order chi connectivity index (χ1) is 14.3. The van der Waals surface area contributed by atoms with E-state index in [-0.39, 0.29) is 24.5 Å². The lowest BCUT2D eigenvalue weighted by Crippen LogP contribution is -2.51. The Kier molecular flexibility index (Phi) is 7.97. The minimum atomic E-state index is -0.927. The fourth-order valence-electron chi connectivity index (χ4n) is 2.97. The summed E-state index contributed by atoms with van der Waals surface area (Å²) in [7, 11) is 0. The van der Waals surface area contributed by atoms with Crippen LogP contribution in [-0.4, -0.2) is 49.2 Å². The molecule has 9 nitrogen and oxygen atoms in total. The van der Waals surface area contributed by atoms with Gasteiger partial charge in [0.05, 0.1) is 23.9 Å². The predicted molar refractivity (Wildman–Crippen MR) is 108 cm³/mol. The number of rotatable bonds is 8. The van der Waals surface area contributed by atoms with Crippen LogP contribution < -0.4 is 16.0 Å². The molecule has 0 spiro atoms. The van der Waals surface area contributed by atoms with Gasteiger partial charge < -0.3 is 25.4 Å². The molecule has 0 fully saturated rings. The predicted octanol–water partition coefficient (Wildman–Crippen LogP) is 1.57. The third-order valence-electron chi connectivity index (χ3n) is 4.49. The molecule has 0 unspecified atom stereocenters. The fourth-order valence-corrected chi connectivity index (χ4v) is 2.97. The molecule has 162 valence electrons. The summed E-state index contributed by atoms with van der Waals surface area (Å²) >= 11 is 0. The van der Waals surface area contributed by atoms with Crippen molar-refractivity contribution >= 4 is 23.9 Å². The summed E-state index contributed by atoms with van der Waals surface area (Å²) in [6.45, 7) is 6.67. The van der Waals surface area contributed by atoms with E-state index in [2.05, 4.69) is 16.0 Å². The summed E-state index contributed by atoms with van der Waals surface area (Å²) in [4.78, 5) is 48.8. The Bertz CT molecular complexity index is 864. The summed E-state index contributed by atoms with van der Waals surface area (Å²) in [5, 5.41) is 7.71. The zero-order valence-corrected chi connectivity index (χ0v) is 17.5. The van der Waals surface area contributed by atoms with Crippen molar-refractivity contribution in [3.8, 4) is 0 Å². The van der Waals surface area contributed by atoms with Crippen molar-refractivity contribution in [2.24, 2.45) is 0 Å². The minimum absolute atomic E-state index is 0.162. The smallest absolute Gasteiger partial charge is 0.338 e. The second kappa shape index (κ2) is 10.4. The lowest BCUT2D eigenvalue weighted by molar-refractivity contribution is -0.145. The molecule has 0 aliphatic carbocycles. The van der Waals surface area contributed by atoms with Gasteiger partial charge in [-0.3, -0.25) is 4.79 Å². The number of carbonyl (C=O) groups is 4. The van der Waals surface area contributed by atoms with Gasteiger partial charge in [-0.1, -0.05) is 24.6 Å². The van der Waals surface area contributed by atoms with Gasteiger partial charge >= 0.3 is 18.0 Å². The average Bonchev–Trinajstić information content (AvgIpc) is 2.71. The summed E-state index contributed by atoms with van der Waals surface area (Å²) in [5.41, 5.74) is 1.72. The minimum Gasteiger partial charge on any atom is -0.463 e. The highest BCUT2D eigenvalue weighted by Crippen LogP contribution is 2.17. The fraction of sp³-hybridized carbons (Fsp3) is 0.429. The van der Waals surface area contributed by atoms with E-state index in [1.165, 1.54) is 6.92 Å². The number of aryl methyl sites for hydroxylation is 1. The van der Waals surface area contributed by atoms with Crippen LogP contribution in [0, 0.1) is 6.92 Å². The number of hydrogen-bond acceptors (Lipinski definition) is 6. The molecule has 1 aromatic carbocycles. The van der Waals surface area contributed by atoms with Crippen LogP contribution in [0.25, 0.3) is 0 Å². The molecule has 1 aliphatic rings. The van der Waals surface area contributed by atoms with Gasteiger partial charge in [-0.15, -0.1) is 0 Å². The quantitative estimate of drug-likeness (QED) is 0.552. The van der Waals surface area contributed by atoms with E-state index in [4.69, 9.17) is 9.47 Å². The van der Waals surface area contributed by atoms with E-state index in [0.717, 1.165) is 5.56 Å². The van der Waals surface area contributed by atoms with Crippen molar-refractivity contribution in [1.82, 2.24) is 16.0 Å². The van der Waals surface area contributed by atoms with Crippen LogP contribution in [0.3, 0.4) is 0 Å². The zero-order valence-electron chi connectivity index (χ0n) is 17.5. The van der Waals surface area contributed by atoms with Crippen LogP contribution >= 0.6 is 0 Å². The Morgan fingerprint density at radius 3 is 2.57 bits per heavy atom. The average molecular weight is 417 g/mol. The van der Waals surface area contributed by atoms with Crippen LogP contribution in [0.5, 0.6) is 0 Å². The van der Waals surface area contributed by atoms with Crippen molar-refractivity contribution in [3.05, 3.63) is 46.7 Å². The van der Waals surface area contributed by atoms with Gasteiger partial charge in [-0.25, -0.2) is 14.4 Å². The molecule has 2 atom stereocenters. The summed E-state index contributed by atoms with van der Waals surface area (Å²) in [6.07, 6.45) is 0.460. The first kappa shape index (κ1) is 22.9. The number of esters is 2. The van der Waals surface area contributed by atoms with E-state index < -0.39 is 36.0 Å². The number of nitrogens with one attached hydrogen (secondary N) is 3. The molecule has 1 aliphatic heterocycles. The number of benzene rings is 1. The number of amides is 3. The van der Waals surface area contributed by atoms with Gasteiger partial charge in [0.15, 0.2) is 0 Å². The van der Waals surface area contributed by atoms with Crippen molar-refractivity contribution in [3.63, 3.8) is 0 Å². The SMILES string of the molecule is CCOC(=O)C1=C(COC(=O)[C@H](C)NC(=O)c2cccc(C)c2)NC(=O)N[C@@H]1CC. The van der Waals surface area contributed by atoms with Gasteiger partial charge in [0.2, 0.25) is 0 Å². The molecule has 2 rings (SSSR count). The van der Waals surface area contributed by atoms with E-state index >= 15 is 0 Å². The van der Waals surface area contributed by atoms with Gasteiger partial charge in [0, 0.05) is 5.56 Å². The van der Waals surface area contributed by atoms with Crippen molar-refractivity contribution in [2.45, 2.75) is 46.2 Å². The van der Waals surface area contributed by atoms with E-state index in [1.807, 2.05) is 19.9 Å². The molecular weight excluding hydrogens is 390 g/mol. The molecule has 3 amide bonds. The van der Waals surface area contributed by atoms with Gasteiger partial charge in [0.1, 0.15) is 12.6 Å². The topological polar surface area (TPSA) is 123 Å². The van der Waals surface area contributed by atoms with Crippen LogP contribution in [0.2, 0.25) is 0 Å². The van der Waals surface area contributed by atoms with Crippen LogP contribution in [0.4, 0.5) is 4.79 Å². The lowest BCUT2D eigenvalue weighted by Gasteiger charge is -2.28. The van der Waals surface area contributed by atoms with Crippen molar-refractivity contribution in [1.29, 1.82) is 0 Å². The molecule has 9 heteroatoms. The third kappa shape index (κ3) is 5.82. The molecule has 1 heterocycles. The number of hydrogen-bond donors (Lipinski definition) is 3. The zero-order chi connectivity index (χ0) is 22.3. The van der Waals surface area contributed by atoms with Gasteiger partial charge in [0.25, 0.3) is 5.91 Å². The molecule has 0 saturated heterocycles. The monoisotopic (exact) mass is 417 g/mol. The Hall–Kier alpha value is -3.36. The Labute approximate surface area is 175 Å². The maximum atomic E-state index is 12.4. The number of urea groups is 1. The van der Waals surface area contributed by atoms with E-state index in [9.17, 15) is 19.2 Å². The summed E-state index contributed by atoms with van der Waals surface area (Å²) in [5.74, 6) is -1.70. The Morgan fingerprint density at radius 1 is 1.20 bits per heavy atom. The Balaban J connectivity index is 2.06. The number of ether oxygens (including phenoxy) is 2. The van der Waals surface area contributed by atoms with Crippen molar-refractivity contribution in [2.75, 3.05) is 13.2 Å². The normalized spacial score (nSPS) is 16.8. The molecule has 0 bridgehead atoms. The van der Waals surface area contributed by atoms with Crippen LogP contribution in [-0.2, 0) is 19.1 Å². The molecular formula is C21H27N3O6. The standard InChI is InChI=1S/C21H27N3O6/c1-5-15-17(20(27)29-6-2)16(24-21(28)23-15)11-30-19(26)13(4)22-18(25)14-9-7-8-12(3)10-14/h7-10,13,15H,5-6,11H2,1-4H3,(H,22,25)(H2,23,24,28)/t13-,15+/m0/s1. The maximum Gasteiger partial charge on any atom is 0.338 e. The highest BCUT2D eigenvalue weighted by atomic mass is 16.5. The maximum absolute atomic E-state index is 12.4. The molecule has 0 aromatic heterocycles. The van der Waals surface area contributed by atoms with E-state index in [0.29, 0.717) is 12.0 Å². The van der Waals surface area contributed by atoms with Gasteiger partial charge in [-0.2, -0.15) is 0 Å². The molecule has 30 heavy (non-hydrogen) atoms. The third-order valence-corrected chi connectivity index (χ3v) is 4.49. The molecule has 1 aromatic rings. The highest BCUT2D eigenvalue weighted by Gasteiger charge is 2.32. The van der Waals surface area contributed by atoms with Crippen molar-refractivity contribution < 1.29 is 28.7 Å². The second-order valence-electron chi connectivity index (χ2n) is 6.84. The highest BCUT2D eigenvalue weighted by molar-refractivity contribution is 5.97. The molecule has 0 radical (unpaired) electrons. The largest absolute Gasteiger partial charge is 0.463 e. The van der Waals surface area contributed by atoms with Gasteiger partial charge in [-0.05, 0) is 39.3 Å². The summed E-state index contributed by atoms with van der Waals surface area (Å²) < 4.78 is 10.3. The van der Waals surface area contributed by atoms with E-state index in [1.54, 1.807) is 25.1 Å². The number of carbonyl (C=O) groups excluding carboxylic acids is 4. The Morgan fingerprint density at radius 2 is 1.93 bits per heavy atom. The molecule has 0 saturated carbocycles. The first-order valence-corrected chi connectivity index (χ1v) is 9.78. The van der Waals surface area contributed by atoms with Crippen LogP contribution in [0.15, 0.2) is 35.5 Å².